The Morgan fingerprint density at radius 3 is 2.58 bits per heavy atom. The van der Waals surface area contributed by atoms with E-state index in [0.717, 1.165) is 5.56 Å². The molecule has 0 spiro atoms. The molecule has 0 unspecified atom stereocenters. The second-order valence-electron chi connectivity index (χ2n) is 2.29. The summed E-state index contributed by atoms with van der Waals surface area (Å²) in [4.78, 5) is 3.85. The van der Waals surface area contributed by atoms with Crippen molar-refractivity contribution in [2.45, 2.75) is 6.92 Å². The Balaban J connectivity index is 3.11. The quantitative estimate of drug-likeness (QED) is 0.620. The van der Waals surface area contributed by atoms with Crippen molar-refractivity contribution in [2.24, 2.45) is 0 Å². The van der Waals surface area contributed by atoms with Gasteiger partial charge in [0.05, 0.1) is 11.1 Å². The highest BCUT2D eigenvalue weighted by molar-refractivity contribution is 6.49. The Hall–Kier alpha value is -1.33. The Bertz CT molecular complexity index is 335. The SMILES string of the molecule is CC(C#N)=C(Cl)c1ccncc1. The molecule has 0 aromatic carbocycles. The molecule has 0 saturated heterocycles. The van der Waals surface area contributed by atoms with E-state index in [1.165, 1.54) is 0 Å². The summed E-state index contributed by atoms with van der Waals surface area (Å²) in [7, 11) is 0. The van der Waals surface area contributed by atoms with Crippen molar-refractivity contribution in [3.63, 3.8) is 0 Å². The van der Waals surface area contributed by atoms with Crippen molar-refractivity contribution in [2.75, 3.05) is 0 Å². The minimum atomic E-state index is 0.486. The van der Waals surface area contributed by atoms with Gasteiger partial charge in [0.25, 0.3) is 0 Å². The first-order valence-corrected chi connectivity index (χ1v) is 3.80. The van der Waals surface area contributed by atoms with E-state index in [1.807, 2.05) is 6.07 Å². The fraction of sp³-hybridized carbons (Fsp3) is 0.111. The lowest BCUT2D eigenvalue weighted by Gasteiger charge is -1.97. The van der Waals surface area contributed by atoms with Crippen molar-refractivity contribution in [1.82, 2.24) is 4.98 Å². The number of nitriles is 1. The summed E-state index contributed by atoms with van der Waals surface area (Å²) in [6.45, 7) is 1.68. The molecule has 1 heterocycles. The van der Waals surface area contributed by atoms with Gasteiger partial charge in [0.15, 0.2) is 0 Å². The summed E-state index contributed by atoms with van der Waals surface area (Å²) in [6, 6.07) is 5.52. The number of allylic oxidation sites excluding steroid dienone is 1. The van der Waals surface area contributed by atoms with Crippen molar-refractivity contribution >= 4 is 16.6 Å². The Kier molecular flexibility index (Phi) is 2.84. The predicted octanol–water partition coefficient (Wildman–Crippen LogP) is 2.57. The van der Waals surface area contributed by atoms with Crippen molar-refractivity contribution in [1.29, 1.82) is 5.26 Å². The molecular weight excluding hydrogens is 172 g/mol. The van der Waals surface area contributed by atoms with E-state index in [0.29, 0.717) is 10.6 Å². The zero-order valence-electron chi connectivity index (χ0n) is 6.58. The standard InChI is InChI=1S/C9H7ClN2/c1-7(6-11)9(10)8-2-4-12-5-3-8/h2-5H,1H3. The maximum Gasteiger partial charge on any atom is 0.0959 e. The topological polar surface area (TPSA) is 36.7 Å². The lowest BCUT2D eigenvalue weighted by Crippen LogP contribution is -1.80. The molecule has 0 saturated carbocycles. The normalized spacial score (nSPS) is 11.8. The number of rotatable bonds is 1. The molecule has 60 valence electrons. The van der Waals surface area contributed by atoms with E-state index in [1.54, 1.807) is 31.5 Å². The maximum absolute atomic E-state index is 8.56. The third-order valence-electron chi connectivity index (χ3n) is 1.43. The fourth-order valence-electron chi connectivity index (χ4n) is 0.764. The summed E-state index contributed by atoms with van der Waals surface area (Å²) < 4.78 is 0. The summed E-state index contributed by atoms with van der Waals surface area (Å²) in [5.41, 5.74) is 1.34. The number of halogens is 1. The molecule has 1 aromatic rings. The molecule has 0 aliphatic rings. The number of pyridine rings is 1. The van der Waals surface area contributed by atoms with Gasteiger partial charge in [-0.15, -0.1) is 0 Å². The van der Waals surface area contributed by atoms with E-state index in [4.69, 9.17) is 16.9 Å². The van der Waals surface area contributed by atoms with Crippen LogP contribution in [-0.4, -0.2) is 4.98 Å². The third-order valence-corrected chi connectivity index (χ3v) is 1.93. The molecule has 0 atom stereocenters. The molecule has 0 N–H and O–H groups in total. The van der Waals surface area contributed by atoms with Gasteiger partial charge in [0.1, 0.15) is 0 Å². The summed E-state index contributed by atoms with van der Waals surface area (Å²) in [5.74, 6) is 0. The van der Waals surface area contributed by atoms with Crippen LogP contribution in [-0.2, 0) is 0 Å². The van der Waals surface area contributed by atoms with Crippen LogP contribution in [0.4, 0.5) is 0 Å². The average molecular weight is 179 g/mol. The van der Waals surface area contributed by atoms with Gasteiger partial charge >= 0.3 is 0 Å². The lowest BCUT2D eigenvalue weighted by atomic mass is 10.2. The molecule has 3 heteroatoms. The van der Waals surface area contributed by atoms with Crippen LogP contribution in [0.15, 0.2) is 30.1 Å². The van der Waals surface area contributed by atoms with Crippen LogP contribution in [0.5, 0.6) is 0 Å². The van der Waals surface area contributed by atoms with Gasteiger partial charge in [-0.3, -0.25) is 4.98 Å². The number of nitrogens with zero attached hydrogens (tertiary/aromatic N) is 2. The van der Waals surface area contributed by atoms with Crippen LogP contribution in [0.3, 0.4) is 0 Å². The van der Waals surface area contributed by atoms with Crippen LogP contribution in [0.2, 0.25) is 0 Å². The largest absolute Gasteiger partial charge is 0.265 e. The molecular formula is C9H7ClN2. The molecule has 12 heavy (non-hydrogen) atoms. The van der Waals surface area contributed by atoms with Crippen LogP contribution >= 0.6 is 11.6 Å². The molecule has 0 amide bonds. The summed E-state index contributed by atoms with van der Waals surface area (Å²) in [5, 5.41) is 9.04. The number of hydrogen-bond acceptors (Lipinski definition) is 2. The number of hydrogen-bond donors (Lipinski definition) is 0. The van der Waals surface area contributed by atoms with Crippen molar-refractivity contribution in [3.05, 3.63) is 35.7 Å². The highest BCUT2D eigenvalue weighted by atomic mass is 35.5. The second kappa shape index (κ2) is 3.89. The van der Waals surface area contributed by atoms with Gasteiger partial charge in [0, 0.05) is 18.0 Å². The van der Waals surface area contributed by atoms with Crippen molar-refractivity contribution < 1.29 is 0 Å². The molecule has 0 aliphatic heterocycles. The Morgan fingerprint density at radius 1 is 1.50 bits per heavy atom. The smallest absolute Gasteiger partial charge is 0.0959 e. The van der Waals surface area contributed by atoms with E-state index >= 15 is 0 Å². The fourth-order valence-corrected chi connectivity index (χ4v) is 0.932. The van der Waals surface area contributed by atoms with Crippen LogP contribution < -0.4 is 0 Å². The van der Waals surface area contributed by atoms with Gasteiger partial charge in [-0.05, 0) is 24.6 Å². The minimum absolute atomic E-state index is 0.486. The lowest BCUT2D eigenvalue weighted by molar-refractivity contribution is 1.32. The molecule has 0 radical (unpaired) electrons. The molecule has 2 nitrogen and oxygen atoms in total. The zero-order valence-corrected chi connectivity index (χ0v) is 7.34. The average Bonchev–Trinajstić information content (AvgIpc) is 2.17. The zero-order chi connectivity index (χ0) is 8.97. The van der Waals surface area contributed by atoms with E-state index in [9.17, 15) is 0 Å². The van der Waals surface area contributed by atoms with E-state index in [2.05, 4.69) is 4.98 Å². The Labute approximate surface area is 76.1 Å². The molecule has 1 rings (SSSR count). The first kappa shape index (κ1) is 8.76. The van der Waals surface area contributed by atoms with Crippen LogP contribution in [0.1, 0.15) is 12.5 Å². The van der Waals surface area contributed by atoms with Crippen molar-refractivity contribution in [3.8, 4) is 6.07 Å². The van der Waals surface area contributed by atoms with Crippen LogP contribution in [0, 0.1) is 11.3 Å². The second-order valence-corrected chi connectivity index (χ2v) is 2.66. The monoisotopic (exact) mass is 178 g/mol. The molecule has 0 bridgehead atoms. The highest BCUT2D eigenvalue weighted by Gasteiger charge is 2.00. The molecule has 0 fully saturated rings. The summed E-state index contributed by atoms with van der Waals surface area (Å²) in [6.07, 6.45) is 3.28. The first-order valence-electron chi connectivity index (χ1n) is 3.42. The molecule has 0 aliphatic carbocycles. The highest BCUT2D eigenvalue weighted by Crippen LogP contribution is 2.21. The maximum atomic E-state index is 8.56. The third kappa shape index (κ3) is 1.84. The molecule has 1 aromatic heterocycles. The van der Waals surface area contributed by atoms with Gasteiger partial charge < -0.3 is 0 Å². The van der Waals surface area contributed by atoms with Gasteiger partial charge in [-0.2, -0.15) is 5.26 Å². The van der Waals surface area contributed by atoms with Crippen LogP contribution in [0.25, 0.3) is 5.03 Å². The predicted molar refractivity (Wildman–Crippen MR) is 48.3 cm³/mol. The van der Waals surface area contributed by atoms with Gasteiger partial charge in [-0.25, -0.2) is 0 Å². The van der Waals surface area contributed by atoms with E-state index in [-0.39, 0.29) is 0 Å². The number of aromatic nitrogens is 1. The van der Waals surface area contributed by atoms with Gasteiger partial charge in [0.2, 0.25) is 0 Å². The van der Waals surface area contributed by atoms with E-state index < -0.39 is 0 Å². The van der Waals surface area contributed by atoms with Gasteiger partial charge in [-0.1, -0.05) is 11.6 Å². The summed E-state index contributed by atoms with van der Waals surface area (Å²) >= 11 is 5.89. The Morgan fingerprint density at radius 2 is 2.08 bits per heavy atom. The minimum Gasteiger partial charge on any atom is -0.265 e. The first-order chi connectivity index (χ1) is 5.75.